The maximum absolute atomic E-state index is 14.2. The van der Waals surface area contributed by atoms with Gasteiger partial charge in [0.1, 0.15) is 0 Å². The summed E-state index contributed by atoms with van der Waals surface area (Å²) in [6.07, 6.45) is 1.41. The summed E-state index contributed by atoms with van der Waals surface area (Å²) in [6.45, 7) is 5.87. The van der Waals surface area contributed by atoms with Gasteiger partial charge in [0.15, 0.2) is 0 Å². The lowest BCUT2D eigenvalue weighted by Gasteiger charge is -2.36. The lowest BCUT2D eigenvalue weighted by molar-refractivity contribution is -0.149. The van der Waals surface area contributed by atoms with Crippen molar-refractivity contribution in [2.24, 2.45) is 5.92 Å². The molecule has 0 aromatic heterocycles. The number of carbonyl (C=O) groups is 3. The van der Waals surface area contributed by atoms with Crippen molar-refractivity contribution < 1.29 is 19.1 Å². The molecule has 2 saturated heterocycles. The van der Waals surface area contributed by atoms with Crippen LogP contribution in [0.4, 0.5) is 11.4 Å². The monoisotopic (exact) mass is 513 g/mol. The molecule has 0 unspecified atom stereocenters. The second kappa shape index (κ2) is 9.48. The number of ether oxygens (including phenoxy) is 1. The normalized spacial score (nSPS) is 24.9. The van der Waals surface area contributed by atoms with Gasteiger partial charge in [-0.15, -0.1) is 11.8 Å². The van der Waals surface area contributed by atoms with E-state index in [1.54, 1.807) is 34.1 Å². The highest BCUT2D eigenvalue weighted by Gasteiger charge is 2.63. The number of likely N-dealkylation sites (tertiary alicyclic amines) is 1. The largest absolute Gasteiger partial charge is 0.466 e. The Hall–Kier alpha value is -2.55. The predicted molar refractivity (Wildman–Crippen MR) is 137 cm³/mol. The van der Waals surface area contributed by atoms with Crippen molar-refractivity contribution in [1.29, 1.82) is 0 Å². The van der Waals surface area contributed by atoms with Crippen molar-refractivity contribution >= 4 is 52.5 Å². The number of para-hydroxylation sites is 1. The first-order chi connectivity index (χ1) is 16.9. The Labute approximate surface area is 214 Å². The number of amides is 2. The summed E-state index contributed by atoms with van der Waals surface area (Å²) < 4.78 is 5.19. The quantitative estimate of drug-likeness (QED) is 0.557. The Morgan fingerprint density at radius 1 is 1.11 bits per heavy atom. The maximum atomic E-state index is 14.2. The van der Waals surface area contributed by atoms with Crippen molar-refractivity contribution in [3.05, 3.63) is 59.1 Å². The van der Waals surface area contributed by atoms with E-state index in [9.17, 15) is 14.4 Å². The van der Waals surface area contributed by atoms with Crippen molar-refractivity contribution in [2.75, 3.05) is 36.2 Å². The van der Waals surface area contributed by atoms with Crippen LogP contribution in [0.2, 0.25) is 5.02 Å². The van der Waals surface area contributed by atoms with E-state index in [2.05, 4.69) is 4.90 Å². The molecule has 3 aliphatic rings. The molecular formula is C26H28ClN3O4S. The molecule has 0 bridgehead atoms. The van der Waals surface area contributed by atoms with Gasteiger partial charge >= 0.3 is 5.97 Å². The van der Waals surface area contributed by atoms with E-state index in [0.29, 0.717) is 49.9 Å². The SMILES string of the molecule is CCOC(=O)C1CCN(CN2C(=O)[C@]3(S[C@H](C)C(=O)N3c3ccc(Cl)cc3)c3ccccc32)CC1. The smallest absolute Gasteiger partial charge is 0.309 e. The average molecular weight is 514 g/mol. The van der Waals surface area contributed by atoms with Crippen LogP contribution in [0.3, 0.4) is 0 Å². The summed E-state index contributed by atoms with van der Waals surface area (Å²) in [5.74, 6) is -0.452. The lowest BCUT2D eigenvalue weighted by Crippen LogP contribution is -2.52. The predicted octanol–water partition coefficient (Wildman–Crippen LogP) is 4.24. The molecule has 0 N–H and O–H groups in total. The minimum atomic E-state index is -1.16. The Kier molecular flexibility index (Phi) is 6.55. The zero-order valence-corrected chi connectivity index (χ0v) is 21.3. The van der Waals surface area contributed by atoms with Crippen LogP contribution in [0.15, 0.2) is 48.5 Å². The van der Waals surface area contributed by atoms with Crippen LogP contribution in [0.25, 0.3) is 0 Å². The van der Waals surface area contributed by atoms with Gasteiger partial charge in [0, 0.05) is 29.4 Å². The number of hydrogen-bond acceptors (Lipinski definition) is 6. The highest BCUT2D eigenvalue weighted by atomic mass is 35.5. The third-order valence-electron chi connectivity index (χ3n) is 6.96. The number of carbonyl (C=O) groups excluding carboxylic acids is 3. The summed E-state index contributed by atoms with van der Waals surface area (Å²) in [5.41, 5.74) is 2.29. The zero-order chi connectivity index (χ0) is 24.7. The second-order valence-electron chi connectivity index (χ2n) is 9.09. The van der Waals surface area contributed by atoms with Gasteiger partial charge in [-0.3, -0.25) is 29.1 Å². The van der Waals surface area contributed by atoms with Gasteiger partial charge < -0.3 is 4.74 Å². The van der Waals surface area contributed by atoms with E-state index in [0.717, 1.165) is 11.3 Å². The van der Waals surface area contributed by atoms with E-state index in [-0.39, 0.29) is 29.0 Å². The number of piperidine rings is 1. The third kappa shape index (κ3) is 4.01. The van der Waals surface area contributed by atoms with Crippen molar-refractivity contribution in [3.63, 3.8) is 0 Å². The summed E-state index contributed by atoms with van der Waals surface area (Å²) in [4.78, 5) is 44.3. The van der Waals surface area contributed by atoms with E-state index in [1.165, 1.54) is 11.8 Å². The molecular weight excluding hydrogens is 486 g/mol. The topological polar surface area (TPSA) is 70.2 Å². The van der Waals surface area contributed by atoms with Crippen LogP contribution in [0, 0.1) is 5.92 Å². The molecule has 2 fully saturated rings. The molecule has 0 saturated carbocycles. The summed E-state index contributed by atoms with van der Waals surface area (Å²) >= 11 is 7.49. The van der Waals surface area contributed by atoms with Crippen LogP contribution < -0.4 is 9.80 Å². The minimum absolute atomic E-state index is 0.0941. The van der Waals surface area contributed by atoms with Crippen LogP contribution in [-0.4, -0.2) is 54.3 Å². The lowest BCUT2D eigenvalue weighted by atomic mass is 9.97. The molecule has 3 heterocycles. The minimum Gasteiger partial charge on any atom is -0.466 e. The van der Waals surface area contributed by atoms with Crippen LogP contribution in [0.1, 0.15) is 32.3 Å². The van der Waals surface area contributed by atoms with E-state index in [4.69, 9.17) is 16.3 Å². The number of halogens is 1. The molecule has 2 amide bonds. The fraction of sp³-hybridized carbons (Fsp3) is 0.423. The first kappa shape index (κ1) is 24.2. The number of fused-ring (bicyclic) bond motifs is 2. The van der Waals surface area contributed by atoms with Crippen LogP contribution >= 0.6 is 23.4 Å². The Morgan fingerprint density at radius 2 is 1.80 bits per heavy atom. The molecule has 7 nitrogen and oxygen atoms in total. The molecule has 5 rings (SSSR count). The molecule has 2 aromatic carbocycles. The number of esters is 1. The van der Waals surface area contributed by atoms with Crippen LogP contribution in [0.5, 0.6) is 0 Å². The zero-order valence-electron chi connectivity index (χ0n) is 19.8. The Balaban J connectivity index is 1.45. The summed E-state index contributed by atoms with van der Waals surface area (Å²) in [5, 5.41) is 0.198. The molecule has 35 heavy (non-hydrogen) atoms. The maximum Gasteiger partial charge on any atom is 0.309 e. The molecule has 184 valence electrons. The number of anilines is 2. The molecule has 2 aromatic rings. The van der Waals surface area contributed by atoms with E-state index >= 15 is 0 Å². The second-order valence-corrected chi connectivity index (χ2v) is 11.1. The molecule has 0 radical (unpaired) electrons. The third-order valence-corrected chi connectivity index (χ3v) is 8.68. The Bertz CT molecular complexity index is 1150. The van der Waals surface area contributed by atoms with Crippen molar-refractivity contribution in [1.82, 2.24) is 4.90 Å². The fourth-order valence-corrected chi connectivity index (χ4v) is 6.89. The van der Waals surface area contributed by atoms with Gasteiger partial charge in [-0.05, 0) is 57.0 Å². The summed E-state index contributed by atoms with van der Waals surface area (Å²) in [6, 6.07) is 14.8. The Morgan fingerprint density at radius 3 is 2.49 bits per heavy atom. The van der Waals surface area contributed by atoms with Crippen LogP contribution in [-0.2, 0) is 24.0 Å². The van der Waals surface area contributed by atoms with E-state index < -0.39 is 4.87 Å². The van der Waals surface area contributed by atoms with E-state index in [1.807, 2.05) is 38.1 Å². The molecule has 9 heteroatoms. The fourth-order valence-electron chi connectivity index (χ4n) is 5.24. The van der Waals surface area contributed by atoms with Crippen molar-refractivity contribution in [3.8, 4) is 0 Å². The summed E-state index contributed by atoms with van der Waals surface area (Å²) in [7, 11) is 0. The number of benzene rings is 2. The number of nitrogens with zero attached hydrogens (tertiary/aromatic N) is 3. The highest BCUT2D eigenvalue weighted by molar-refractivity contribution is 8.03. The van der Waals surface area contributed by atoms with Gasteiger partial charge in [0.05, 0.1) is 30.1 Å². The molecule has 0 aliphatic carbocycles. The first-order valence-corrected chi connectivity index (χ1v) is 13.2. The molecule has 2 atom stereocenters. The highest BCUT2D eigenvalue weighted by Crippen LogP contribution is 2.57. The number of thioether (sulfide) groups is 1. The number of hydrogen-bond donors (Lipinski definition) is 0. The van der Waals surface area contributed by atoms with Gasteiger partial charge in [-0.1, -0.05) is 29.8 Å². The average Bonchev–Trinajstić information content (AvgIpc) is 3.26. The van der Waals surface area contributed by atoms with Crippen molar-refractivity contribution in [2.45, 2.75) is 36.8 Å². The van der Waals surface area contributed by atoms with Gasteiger partial charge in [-0.2, -0.15) is 0 Å². The van der Waals surface area contributed by atoms with Gasteiger partial charge in [0.2, 0.25) is 10.8 Å². The number of rotatable bonds is 5. The molecule has 1 spiro atoms. The standard InChI is InChI=1S/C26H28ClN3O4S/c1-3-34-24(32)18-12-14-28(15-13-18)16-29-22-7-5-4-6-21(22)26(25(29)33)30(23(31)17(2)35-26)20-10-8-19(27)9-11-20/h4-11,17-18H,3,12-16H2,1-2H3/t17-,26-/m1/s1. The molecule has 3 aliphatic heterocycles. The van der Waals surface area contributed by atoms with Gasteiger partial charge in [-0.25, -0.2) is 0 Å². The first-order valence-electron chi connectivity index (χ1n) is 11.9. The van der Waals surface area contributed by atoms with Gasteiger partial charge in [0.25, 0.3) is 5.91 Å².